The van der Waals surface area contributed by atoms with Crippen molar-refractivity contribution in [2.24, 2.45) is 5.73 Å². The molecule has 0 radical (unpaired) electrons. The lowest BCUT2D eigenvalue weighted by atomic mass is 10.1. The minimum atomic E-state index is 0.586. The fourth-order valence-corrected chi connectivity index (χ4v) is 2.64. The first-order valence-corrected chi connectivity index (χ1v) is 7.57. The molecule has 21 heavy (non-hydrogen) atoms. The number of halogens is 1. The Bertz CT molecular complexity index is 774. The molecule has 2 N–H and O–H groups in total. The number of hydrogen-bond acceptors (Lipinski definition) is 3. The molecule has 0 atom stereocenters. The maximum atomic E-state index is 5.99. The van der Waals surface area contributed by atoms with E-state index in [1.807, 2.05) is 48.5 Å². The fraction of sp³-hybridized carbons (Fsp3) is 0.118. The molecule has 3 nitrogen and oxygen atoms in total. The topological polar surface area (TPSA) is 48.1 Å². The number of pyridine rings is 1. The predicted molar refractivity (Wildman–Crippen MR) is 88.7 cm³/mol. The van der Waals surface area contributed by atoms with E-state index in [4.69, 9.17) is 10.5 Å². The quantitative estimate of drug-likeness (QED) is 0.769. The van der Waals surface area contributed by atoms with Crippen LogP contribution in [0, 0.1) is 0 Å². The van der Waals surface area contributed by atoms with Crippen LogP contribution >= 0.6 is 15.9 Å². The van der Waals surface area contributed by atoms with Gasteiger partial charge in [0.1, 0.15) is 11.5 Å². The van der Waals surface area contributed by atoms with Crippen LogP contribution < -0.4 is 10.5 Å². The van der Waals surface area contributed by atoms with Gasteiger partial charge in [0.15, 0.2) is 0 Å². The van der Waals surface area contributed by atoms with Crippen molar-refractivity contribution in [2.75, 3.05) is 6.54 Å². The Morgan fingerprint density at radius 3 is 2.81 bits per heavy atom. The fourth-order valence-electron chi connectivity index (χ4n) is 2.23. The molecule has 0 bridgehead atoms. The van der Waals surface area contributed by atoms with Crippen molar-refractivity contribution in [1.29, 1.82) is 0 Å². The largest absolute Gasteiger partial charge is 0.455 e. The van der Waals surface area contributed by atoms with Crippen molar-refractivity contribution in [3.05, 3.63) is 64.8 Å². The summed E-state index contributed by atoms with van der Waals surface area (Å²) in [7, 11) is 0. The Morgan fingerprint density at radius 2 is 1.95 bits per heavy atom. The third-order valence-electron chi connectivity index (χ3n) is 3.23. The monoisotopic (exact) mass is 342 g/mol. The van der Waals surface area contributed by atoms with Gasteiger partial charge in [-0.25, -0.2) is 0 Å². The van der Waals surface area contributed by atoms with E-state index in [0.29, 0.717) is 6.54 Å². The van der Waals surface area contributed by atoms with Gasteiger partial charge in [0, 0.05) is 9.86 Å². The van der Waals surface area contributed by atoms with Gasteiger partial charge < -0.3 is 10.5 Å². The third kappa shape index (κ3) is 3.23. The smallest absolute Gasteiger partial charge is 0.146 e. The number of fused-ring (bicyclic) bond motifs is 1. The Labute approximate surface area is 131 Å². The summed E-state index contributed by atoms with van der Waals surface area (Å²) in [5.74, 6) is 1.55. The SMILES string of the molecule is NCCc1cc(Br)ccc1Oc1cnc2ccccc2c1. The highest BCUT2D eigenvalue weighted by Gasteiger charge is 2.06. The third-order valence-corrected chi connectivity index (χ3v) is 3.72. The highest BCUT2D eigenvalue weighted by molar-refractivity contribution is 9.10. The maximum absolute atomic E-state index is 5.99. The zero-order valence-corrected chi connectivity index (χ0v) is 13.0. The minimum absolute atomic E-state index is 0.586. The summed E-state index contributed by atoms with van der Waals surface area (Å²) in [5.41, 5.74) is 7.71. The van der Waals surface area contributed by atoms with Crippen LogP contribution in [0.15, 0.2) is 59.2 Å². The van der Waals surface area contributed by atoms with Crippen molar-refractivity contribution in [2.45, 2.75) is 6.42 Å². The molecule has 2 aromatic carbocycles. The molecule has 0 spiro atoms. The van der Waals surface area contributed by atoms with Crippen LogP contribution in [-0.2, 0) is 6.42 Å². The van der Waals surface area contributed by atoms with E-state index in [1.165, 1.54) is 0 Å². The molecule has 1 aromatic heterocycles. The van der Waals surface area contributed by atoms with E-state index in [0.717, 1.165) is 38.9 Å². The number of para-hydroxylation sites is 1. The van der Waals surface area contributed by atoms with E-state index in [2.05, 4.69) is 20.9 Å². The molecule has 3 aromatic rings. The number of hydrogen-bond donors (Lipinski definition) is 1. The Morgan fingerprint density at radius 1 is 1.10 bits per heavy atom. The van der Waals surface area contributed by atoms with Gasteiger partial charge in [0.2, 0.25) is 0 Å². The van der Waals surface area contributed by atoms with Crippen LogP contribution in [0.25, 0.3) is 10.9 Å². The maximum Gasteiger partial charge on any atom is 0.146 e. The molecule has 4 heteroatoms. The van der Waals surface area contributed by atoms with Crippen LogP contribution in [0.5, 0.6) is 11.5 Å². The predicted octanol–water partition coefficient (Wildman–Crippen LogP) is 4.29. The van der Waals surface area contributed by atoms with E-state index < -0.39 is 0 Å². The zero-order valence-electron chi connectivity index (χ0n) is 11.4. The lowest BCUT2D eigenvalue weighted by Gasteiger charge is -2.11. The van der Waals surface area contributed by atoms with E-state index in [-0.39, 0.29) is 0 Å². The molecule has 0 aliphatic heterocycles. The van der Waals surface area contributed by atoms with Crippen molar-refractivity contribution in [1.82, 2.24) is 4.98 Å². The molecule has 3 rings (SSSR count). The molecular weight excluding hydrogens is 328 g/mol. The Hall–Kier alpha value is -1.91. The second kappa shape index (κ2) is 6.24. The lowest BCUT2D eigenvalue weighted by molar-refractivity contribution is 0.475. The zero-order chi connectivity index (χ0) is 14.7. The van der Waals surface area contributed by atoms with Crippen LogP contribution in [-0.4, -0.2) is 11.5 Å². The van der Waals surface area contributed by atoms with Gasteiger partial charge in [0.25, 0.3) is 0 Å². The Kier molecular flexibility index (Phi) is 4.18. The number of ether oxygens (including phenoxy) is 1. The number of benzene rings is 2. The van der Waals surface area contributed by atoms with Crippen molar-refractivity contribution < 1.29 is 4.74 Å². The van der Waals surface area contributed by atoms with Gasteiger partial charge in [-0.3, -0.25) is 4.98 Å². The minimum Gasteiger partial charge on any atom is -0.455 e. The van der Waals surface area contributed by atoms with Crippen LogP contribution in [0.3, 0.4) is 0 Å². The molecule has 1 heterocycles. The second-order valence-electron chi connectivity index (χ2n) is 4.76. The molecule has 0 saturated carbocycles. The first-order chi connectivity index (χ1) is 10.3. The summed E-state index contributed by atoms with van der Waals surface area (Å²) in [5, 5.41) is 1.06. The van der Waals surface area contributed by atoms with Crippen LogP contribution in [0.2, 0.25) is 0 Å². The molecule has 0 aliphatic carbocycles. The molecule has 0 fully saturated rings. The first-order valence-electron chi connectivity index (χ1n) is 6.77. The highest BCUT2D eigenvalue weighted by Crippen LogP contribution is 2.29. The normalized spacial score (nSPS) is 10.8. The average Bonchev–Trinajstić information content (AvgIpc) is 2.50. The van der Waals surface area contributed by atoms with Gasteiger partial charge in [-0.05, 0) is 48.9 Å². The van der Waals surface area contributed by atoms with Gasteiger partial charge in [-0.2, -0.15) is 0 Å². The van der Waals surface area contributed by atoms with E-state index >= 15 is 0 Å². The Balaban J connectivity index is 1.94. The summed E-state index contributed by atoms with van der Waals surface area (Å²) in [4.78, 5) is 4.41. The molecule has 0 unspecified atom stereocenters. The second-order valence-corrected chi connectivity index (χ2v) is 5.67. The number of aromatic nitrogens is 1. The standard InChI is InChI=1S/C17H15BrN2O/c18-14-5-6-17(13(9-14)7-8-19)21-15-10-12-3-1-2-4-16(12)20-11-15/h1-6,9-11H,7-8,19H2. The first kappa shape index (κ1) is 14.0. The van der Waals surface area contributed by atoms with Gasteiger partial charge in [-0.15, -0.1) is 0 Å². The molecule has 106 valence electrons. The summed E-state index contributed by atoms with van der Waals surface area (Å²) in [6.07, 6.45) is 2.52. The van der Waals surface area contributed by atoms with E-state index in [9.17, 15) is 0 Å². The molecule has 0 saturated heterocycles. The van der Waals surface area contributed by atoms with E-state index in [1.54, 1.807) is 6.20 Å². The lowest BCUT2D eigenvalue weighted by Crippen LogP contribution is -2.04. The number of nitrogens with zero attached hydrogens (tertiary/aromatic N) is 1. The summed E-state index contributed by atoms with van der Waals surface area (Å²) >= 11 is 3.48. The summed E-state index contributed by atoms with van der Waals surface area (Å²) in [6, 6.07) is 15.9. The summed E-state index contributed by atoms with van der Waals surface area (Å²) in [6.45, 7) is 0.586. The number of nitrogens with two attached hydrogens (primary N) is 1. The van der Waals surface area contributed by atoms with Gasteiger partial charge in [0.05, 0.1) is 11.7 Å². The highest BCUT2D eigenvalue weighted by atomic mass is 79.9. The van der Waals surface area contributed by atoms with Gasteiger partial charge >= 0.3 is 0 Å². The van der Waals surface area contributed by atoms with Crippen molar-refractivity contribution in [3.8, 4) is 11.5 Å². The molecule has 0 amide bonds. The average molecular weight is 343 g/mol. The van der Waals surface area contributed by atoms with Gasteiger partial charge in [-0.1, -0.05) is 34.1 Å². The van der Waals surface area contributed by atoms with Crippen molar-refractivity contribution >= 4 is 26.8 Å². The van der Waals surface area contributed by atoms with Crippen LogP contribution in [0.1, 0.15) is 5.56 Å². The number of rotatable bonds is 4. The molecular formula is C17H15BrN2O. The van der Waals surface area contributed by atoms with Crippen LogP contribution in [0.4, 0.5) is 0 Å². The summed E-state index contributed by atoms with van der Waals surface area (Å²) < 4.78 is 7.01. The van der Waals surface area contributed by atoms with Crippen molar-refractivity contribution in [3.63, 3.8) is 0 Å². The molecule has 0 aliphatic rings.